The summed E-state index contributed by atoms with van der Waals surface area (Å²) >= 11 is 1.58. The molecule has 1 atom stereocenters. The van der Waals surface area contributed by atoms with Crippen molar-refractivity contribution in [1.82, 2.24) is 20.2 Å². The lowest BCUT2D eigenvalue weighted by atomic mass is 10.1. The zero-order valence-corrected chi connectivity index (χ0v) is 14.4. The maximum absolute atomic E-state index is 12.6. The first-order valence-electron chi connectivity index (χ1n) is 8.24. The summed E-state index contributed by atoms with van der Waals surface area (Å²) in [6.45, 7) is 1.12. The third-order valence-electron chi connectivity index (χ3n) is 4.31. The van der Waals surface area contributed by atoms with Gasteiger partial charge in [-0.15, -0.1) is 11.3 Å². The molecule has 0 saturated carbocycles. The number of pyridine rings is 1. The summed E-state index contributed by atoms with van der Waals surface area (Å²) < 4.78 is 5.48. The quantitative estimate of drug-likeness (QED) is 0.772. The Morgan fingerprint density at radius 3 is 3.04 bits per heavy atom. The molecular formula is C18H18N4O2S. The molecule has 0 aromatic carbocycles. The number of likely N-dealkylation sites (tertiary alicyclic amines) is 1. The fourth-order valence-electron chi connectivity index (χ4n) is 3.11. The molecule has 1 fully saturated rings. The Bertz CT molecular complexity index is 832. The summed E-state index contributed by atoms with van der Waals surface area (Å²) in [6, 6.07) is 7.91. The predicted octanol–water partition coefficient (Wildman–Crippen LogP) is 3.84. The van der Waals surface area contributed by atoms with Gasteiger partial charge in [-0.25, -0.2) is 9.78 Å². The van der Waals surface area contributed by atoms with Crippen molar-refractivity contribution in [3.05, 3.63) is 59.6 Å². The summed E-state index contributed by atoms with van der Waals surface area (Å²) in [6.07, 6.45) is 7.12. The second-order valence-corrected chi connectivity index (χ2v) is 6.86. The first-order chi connectivity index (χ1) is 12.3. The van der Waals surface area contributed by atoms with Gasteiger partial charge in [0, 0.05) is 18.9 Å². The molecule has 1 aliphatic heterocycles. The SMILES string of the molecule is O=C(NCc1coc(-c2cccs2)n1)N1CCCC1c1ccncc1. The van der Waals surface area contributed by atoms with Crippen molar-refractivity contribution in [3.8, 4) is 10.8 Å². The maximum atomic E-state index is 12.6. The maximum Gasteiger partial charge on any atom is 0.318 e. The minimum atomic E-state index is -0.0695. The van der Waals surface area contributed by atoms with E-state index >= 15 is 0 Å². The summed E-state index contributed by atoms with van der Waals surface area (Å²) in [5, 5.41) is 4.93. The van der Waals surface area contributed by atoms with Crippen molar-refractivity contribution in [1.29, 1.82) is 0 Å². The third kappa shape index (κ3) is 3.41. The molecule has 0 radical (unpaired) electrons. The van der Waals surface area contributed by atoms with Gasteiger partial charge in [-0.3, -0.25) is 4.98 Å². The van der Waals surface area contributed by atoms with Gasteiger partial charge < -0.3 is 14.6 Å². The summed E-state index contributed by atoms with van der Waals surface area (Å²) in [4.78, 5) is 23.9. The van der Waals surface area contributed by atoms with Gasteiger partial charge in [0.2, 0.25) is 5.89 Å². The highest BCUT2D eigenvalue weighted by atomic mass is 32.1. The Morgan fingerprint density at radius 1 is 1.36 bits per heavy atom. The molecule has 128 valence electrons. The molecule has 1 N–H and O–H groups in total. The van der Waals surface area contributed by atoms with Gasteiger partial charge in [-0.05, 0) is 42.0 Å². The second kappa shape index (κ2) is 7.06. The number of aromatic nitrogens is 2. The van der Waals surface area contributed by atoms with Crippen LogP contribution in [0.4, 0.5) is 4.79 Å². The Hall–Kier alpha value is -2.67. The summed E-state index contributed by atoms with van der Waals surface area (Å²) in [7, 11) is 0. The van der Waals surface area contributed by atoms with Crippen molar-refractivity contribution in [2.45, 2.75) is 25.4 Å². The molecule has 1 aliphatic rings. The molecule has 0 bridgehead atoms. The van der Waals surface area contributed by atoms with E-state index in [4.69, 9.17) is 4.42 Å². The lowest BCUT2D eigenvalue weighted by molar-refractivity contribution is 0.192. The highest BCUT2D eigenvalue weighted by Crippen LogP contribution is 2.31. The van der Waals surface area contributed by atoms with Crippen molar-refractivity contribution in [2.75, 3.05) is 6.54 Å². The molecule has 6 nitrogen and oxygen atoms in total. The molecule has 0 aliphatic carbocycles. The number of nitrogens with zero attached hydrogens (tertiary/aromatic N) is 3. The Balaban J connectivity index is 1.39. The van der Waals surface area contributed by atoms with Crippen molar-refractivity contribution >= 4 is 17.4 Å². The summed E-state index contributed by atoms with van der Waals surface area (Å²) in [5.41, 5.74) is 1.85. The van der Waals surface area contributed by atoms with Crippen molar-refractivity contribution in [2.24, 2.45) is 0 Å². The minimum Gasteiger partial charge on any atom is -0.443 e. The zero-order valence-electron chi connectivity index (χ0n) is 13.6. The lowest BCUT2D eigenvalue weighted by Crippen LogP contribution is -2.39. The number of carbonyl (C=O) groups excluding carboxylic acids is 1. The predicted molar refractivity (Wildman–Crippen MR) is 95.0 cm³/mol. The number of hydrogen-bond acceptors (Lipinski definition) is 5. The van der Waals surface area contributed by atoms with E-state index in [-0.39, 0.29) is 12.1 Å². The number of oxazole rings is 1. The lowest BCUT2D eigenvalue weighted by Gasteiger charge is -2.25. The number of hydrogen-bond donors (Lipinski definition) is 1. The van der Waals surface area contributed by atoms with Crippen LogP contribution in [0.3, 0.4) is 0 Å². The van der Waals surface area contributed by atoms with Gasteiger partial charge in [0.05, 0.1) is 23.2 Å². The van der Waals surface area contributed by atoms with Crippen LogP contribution in [0.25, 0.3) is 10.8 Å². The molecule has 1 saturated heterocycles. The first kappa shape index (κ1) is 15.8. The van der Waals surface area contributed by atoms with Crippen LogP contribution in [0.5, 0.6) is 0 Å². The van der Waals surface area contributed by atoms with E-state index in [1.54, 1.807) is 30.0 Å². The average molecular weight is 354 g/mol. The molecule has 1 unspecified atom stereocenters. The van der Waals surface area contributed by atoms with Gasteiger partial charge in [0.1, 0.15) is 6.26 Å². The van der Waals surface area contributed by atoms with Crippen LogP contribution in [0.15, 0.2) is 52.7 Å². The van der Waals surface area contributed by atoms with Gasteiger partial charge >= 0.3 is 6.03 Å². The topological polar surface area (TPSA) is 71.3 Å². The van der Waals surface area contributed by atoms with Crippen LogP contribution in [0, 0.1) is 0 Å². The van der Waals surface area contributed by atoms with Crippen LogP contribution in [-0.4, -0.2) is 27.4 Å². The van der Waals surface area contributed by atoms with Crippen LogP contribution in [-0.2, 0) is 6.54 Å². The molecule has 4 heterocycles. The summed E-state index contributed by atoms with van der Waals surface area (Å²) in [5.74, 6) is 0.593. The van der Waals surface area contributed by atoms with Crippen LogP contribution in [0.2, 0.25) is 0 Å². The van der Waals surface area contributed by atoms with Crippen molar-refractivity contribution < 1.29 is 9.21 Å². The first-order valence-corrected chi connectivity index (χ1v) is 9.12. The normalized spacial score (nSPS) is 17.0. The third-order valence-corrected chi connectivity index (χ3v) is 5.17. The number of thiophene rings is 1. The van der Waals surface area contributed by atoms with Crippen LogP contribution in [0.1, 0.15) is 30.1 Å². The van der Waals surface area contributed by atoms with Crippen LogP contribution < -0.4 is 5.32 Å². The molecule has 4 rings (SSSR count). The number of carbonyl (C=O) groups is 1. The Kier molecular flexibility index (Phi) is 4.47. The Morgan fingerprint density at radius 2 is 2.24 bits per heavy atom. The number of nitrogens with one attached hydrogen (secondary N) is 1. The highest BCUT2D eigenvalue weighted by molar-refractivity contribution is 7.13. The van der Waals surface area contributed by atoms with E-state index in [1.165, 1.54) is 0 Å². The van der Waals surface area contributed by atoms with Gasteiger partial charge in [-0.1, -0.05) is 6.07 Å². The molecular weight excluding hydrogens is 336 g/mol. The molecule has 7 heteroatoms. The van der Waals surface area contributed by atoms with Gasteiger partial charge in [-0.2, -0.15) is 0 Å². The number of amides is 2. The highest BCUT2D eigenvalue weighted by Gasteiger charge is 2.29. The average Bonchev–Trinajstić information content (AvgIpc) is 3.41. The van der Waals surface area contributed by atoms with Gasteiger partial charge in [0.15, 0.2) is 0 Å². The number of rotatable bonds is 4. The van der Waals surface area contributed by atoms with E-state index in [9.17, 15) is 4.79 Å². The minimum absolute atomic E-state index is 0.0695. The number of urea groups is 1. The standard InChI is InChI=1S/C18H18N4O2S/c23-18(22-9-1-3-15(22)13-5-7-19-8-6-13)20-11-14-12-24-17(21-14)16-4-2-10-25-16/h2,4-8,10,12,15H,1,3,9,11H2,(H,20,23). The molecule has 0 spiro atoms. The van der Waals surface area contributed by atoms with E-state index < -0.39 is 0 Å². The molecule has 25 heavy (non-hydrogen) atoms. The largest absolute Gasteiger partial charge is 0.443 e. The fraction of sp³-hybridized carbons (Fsp3) is 0.278. The van der Waals surface area contributed by atoms with Crippen molar-refractivity contribution in [3.63, 3.8) is 0 Å². The molecule has 3 aromatic heterocycles. The van der Waals surface area contributed by atoms with E-state index in [0.29, 0.717) is 12.4 Å². The van der Waals surface area contributed by atoms with E-state index in [1.807, 2.05) is 34.5 Å². The van der Waals surface area contributed by atoms with E-state index in [2.05, 4.69) is 15.3 Å². The van der Waals surface area contributed by atoms with Gasteiger partial charge in [0.25, 0.3) is 0 Å². The smallest absolute Gasteiger partial charge is 0.318 e. The zero-order chi connectivity index (χ0) is 17.1. The van der Waals surface area contributed by atoms with E-state index in [0.717, 1.165) is 35.5 Å². The second-order valence-electron chi connectivity index (χ2n) is 5.91. The van der Waals surface area contributed by atoms with Crippen LogP contribution >= 0.6 is 11.3 Å². The molecule has 3 aromatic rings. The Labute approximate surface area is 149 Å². The monoisotopic (exact) mass is 354 g/mol. The fourth-order valence-corrected chi connectivity index (χ4v) is 3.77. The molecule has 2 amide bonds.